The van der Waals surface area contributed by atoms with Crippen molar-refractivity contribution in [3.05, 3.63) is 48.4 Å². The molecule has 0 radical (unpaired) electrons. The van der Waals surface area contributed by atoms with E-state index in [0.717, 1.165) is 23.7 Å². The molecule has 5 rings (SSSR count). The molecule has 1 saturated carbocycles. The van der Waals surface area contributed by atoms with Crippen molar-refractivity contribution in [2.45, 2.75) is 31.7 Å². The van der Waals surface area contributed by atoms with Gasteiger partial charge in [0.15, 0.2) is 11.5 Å². The second kappa shape index (κ2) is 7.25. The fourth-order valence-electron chi connectivity index (χ4n) is 3.89. The molecule has 9 heteroatoms. The van der Waals surface area contributed by atoms with E-state index >= 15 is 0 Å². The molecule has 1 fully saturated rings. The van der Waals surface area contributed by atoms with Crippen LogP contribution in [0.4, 0.5) is 5.82 Å². The fraction of sp³-hybridized carbons (Fsp3) is 0.286. The number of Topliss-reactive ketones (excluding diaryl/α,β-unsaturated/α-hetero) is 1. The number of benzene rings is 1. The summed E-state index contributed by atoms with van der Waals surface area (Å²) in [6.07, 6.45) is 7.88. The standard InChI is InChI=1S/C21H20N6O3/c1-30-18-10-17-13(12-26(25-17)14-4-6-15(28)7-5-14)9-16(18)21(29)24-20-11-22-19-3-2-8-23-27(19)20/h2-3,8-12,14H,4-7H2,1H3,(H,24,29). The van der Waals surface area contributed by atoms with Crippen LogP contribution in [-0.2, 0) is 4.79 Å². The lowest BCUT2D eigenvalue weighted by molar-refractivity contribution is -0.120. The lowest BCUT2D eigenvalue weighted by Gasteiger charge is -2.20. The maximum Gasteiger partial charge on any atom is 0.260 e. The van der Waals surface area contributed by atoms with Gasteiger partial charge in [-0.2, -0.15) is 14.7 Å². The van der Waals surface area contributed by atoms with Gasteiger partial charge in [-0.15, -0.1) is 0 Å². The summed E-state index contributed by atoms with van der Waals surface area (Å²) in [5, 5.41) is 12.6. The Hall–Kier alpha value is -3.75. The Morgan fingerprint density at radius 3 is 2.90 bits per heavy atom. The minimum Gasteiger partial charge on any atom is -0.496 e. The Kier molecular flexibility index (Phi) is 4.42. The maximum absolute atomic E-state index is 13.0. The first kappa shape index (κ1) is 18.3. The van der Waals surface area contributed by atoms with Crippen LogP contribution < -0.4 is 10.1 Å². The largest absolute Gasteiger partial charge is 0.496 e. The van der Waals surface area contributed by atoms with E-state index in [9.17, 15) is 9.59 Å². The third-order valence-corrected chi connectivity index (χ3v) is 5.49. The zero-order chi connectivity index (χ0) is 20.7. The third kappa shape index (κ3) is 3.18. The van der Waals surface area contributed by atoms with Gasteiger partial charge >= 0.3 is 0 Å². The molecule has 1 N–H and O–H groups in total. The number of anilines is 1. The van der Waals surface area contributed by atoms with Gasteiger partial charge in [0.05, 0.1) is 30.4 Å². The molecule has 9 nitrogen and oxygen atoms in total. The number of fused-ring (bicyclic) bond motifs is 2. The van der Waals surface area contributed by atoms with Crippen molar-refractivity contribution in [2.75, 3.05) is 12.4 Å². The Bertz CT molecular complexity index is 1260. The molecule has 1 aromatic carbocycles. The number of methoxy groups -OCH3 is 1. The normalized spacial score (nSPS) is 15.0. The molecule has 0 unspecified atom stereocenters. The van der Waals surface area contributed by atoms with Gasteiger partial charge < -0.3 is 10.1 Å². The summed E-state index contributed by atoms with van der Waals surface area (Å²) in [7, 11) is 1.53. The highest BCUT2D eigenvalue weighted by molar-refractivity contribution is 6.08. The molecule has 4 aromatic rings. The van der Waals surface area contributed by atoms with Crippen LogP contribution in [0.15, 0.2) is 42.9 Å². The average molecular weight is 404 g/mol. The highest BCUT2D eigenvalue weighted by atomic mass is 16.5. The van der Waals surface area contributed by atoms with E-state index in [1.807, 2.05) is 16.9 Å². The first-order valence-electron chi connectivity index (χ1n) is 9.81. The molecular formula is C21H20N6O3. The summed E-state index contributed by atoms with van der Waals surface area (Å²) in [5.74, 6) is 0.897. The van der Waals surface area contributed by atoms with Crippen molar-refractivity contribution >= 4 is 34.1 Å². The van der Waals surface area contributed by atoms with E-state index in [1.54, 1.807) is 35.1 Å². The zero-order valence-corrected chi connectivity index (χ0v) is 16.4. The van der Waals surface area contributed by atoms with Crippen LogP contribution in [0.3, 0.4) is 0 Å². The van der Waals surface area contributed by atoms with Crippen molar-refractivity contribution in [3.8, 4) is 5.75 Å². The number of carbonyl (C=O) groups is 2. The molecule has 0 bridgehead atoms. The second-order valence-corrected chi connectivity index (χ2v) is 7.38. The molecule has 3 aromatic heterocycles. The summed E-state index contributed by atoms with van der Waals surface area (Å²) >= 11 is 0. The fourth-order valence-corrected chi connectivity index (χ4v) is 3.89. The van der Waals surface area contributed by atoms with Crippen LogP contribution in [0.1, 0.15) is 42.1 Å². The average Bonchev–Trinajstić information content (AvgIpc) is 3.37. The van der Waals surface area contributed by atoms with Gasteiger partial charge in [-0.3, -0.25) is 14.3 Å². The number of hydrogen-bond acceptors (Lipinski definition) is 6. The van der Waals surface area contributed by atoms with E-state index in [4.69, 9.17) is 4.74 Å². The summed E-state index contributed by atoms with van der Waals surface area (Å²) in [5.41, 5.74) is 1.79. The Balaban J connectivity index is 1.47. The second-order valence-electron chi connectivity index (χ2n) is 7.38. The molecule has 1 aliphatic carbocycles. The first-order chi connectivity index (χ1) is 14.6. The van der Waals surface area contributed by atoms with E-state index in [2.05, 4.69) is 20.5 Å². The smallest absolute Gasteiger partial charge is 0.260 e. The maximum atomic E-state index is 13.0. The quantitative estimate of drug-likeness (QED) is 0.561. The molecule has 1 amide bonds. The highest BCUT2D eigenvalue weighted by Crippen LogP contribution is 2.30. The van der Waals surface area contributed by atoms with E-state index in [0.29, 0.717) is 41.4 Å². The van der Waals surface area contributed by atoms with E-state index in [1.165, 1.54) is 7.11 Å². The van der Waals surface area contributed by atoms with Gasteiger partial charge in [0.25, 0.3) is 5.91 Å². The number of ether oxygens (including phenoxy) is 1. The minimum absolute atomic E-state index is 0.197. The SMILES string of the molecule is COc1cc2nn(C3CCC(=O)CC3)cc2cc1C(=O)Nc1cnc2cccnn12. The number of imidazole rings is 1. The number of rotatable bonds is 4. The van der Waals surface area contributed by atoms with Crippen LogP contribution in [0.5, 0.6) is 5.75 Å². The number of carbonyl (C=O) groups excluding carboxylic acids is 2. The topological polar surface area (TPSA) is 103 Å². The highest BCUT2D eigenvalue weighted by Gasteiger charge is 2.22. The number of hydrogen-bond donors (Lipinski definition) is 1. The van der Waals surface area contributed by atoms with Gasteiger partial charge in [-0.05, 0) is 31.0 Å². The van der Waals surface area contributed by atoms with Crippen molar-refractivity contribution in [1.29, 1.82) is 0 Å². The Labute approximate surface area is 171 Å². The molecule has 3 heterocycles. The molecule has 0 spiro atoms. The predicted octanol–water partition coefficient (Wildman–Crippen LogP) is 3.02. The van der Waals surface area contributed by atoms with Gasteiger partial charge in [0.2, 0.25) is 0 Å². The molecule has 0 atom stereocenters. The number of nitrogens with one attached hydrogen (secondary N) is 1. The van der Waals surface area contributed by atoms with Crippen LogP contribution in [0.25, 0.3) is 16.6 Å². The molecule has 0 saturated heterocycles. The summed E-state index contributed by atoms with van der Waals surface area (Å²) in [6.45, 7) is 0. The van der Waals surface area contributed by atoms with Crippen molar-refractivity contribution in [1.82, 2.24) is 24.4 Å². The molecule has 1 aliphatic rings. The van der Waals surface area contributed by atoms with Gasteiger partial charge in [0, 0.05) is 36.7 Å². The van der Waals surface area contributed by atoms with E-state index in [-0.39, 0.29) is 11.9 Å². The number of nitrogens with zero attached hydrogens (tertiary/aromatic N) is 5. The molecular weight excluding hydrogens is 384 g/mol. The predicted molar refractivity (Wildman–Crippen MR) is 110 cm³/mol. The van der Waals surface area contributed by atoms with Crippen LogP contribution in [-0.4, -0.2) is 43.2 Å². The number of ketones is 1. The summed E-state index contributed by atoms with van der Waals surface area (Å²) in [6, 6.07) is 7.33. The van der Waals surface area contributed by atoms with E-state index < -0.39 is 0 Å². The zero-order valence-electron chi connectivity index (χ0n) is 16.4. The Morgan fingerprint density at radius 1 is 1.27 bits per heavy atom. The number of aromatic nitrogens is 5. The van der Waals surface area contributed by atoms with Gasteiger partial charge in [0.1, 0.15) is 11.5 Å². The molecule has 30 heavy (non-hydrogen) atoms. The summed E-state index contributed by atoms with van der Waals surface area (Å²) < 4.78 is 8.93. The minimum atomic E-state index is -0.322. The van der Waals surface area contributed by atoms with Crippen LogP contribution >= 0.6 is 0 Å². The monoisotopic (exact) mass is 404 g/mol. The molecule has 152 valence electrons. The van der Waals surface area contributed by atoms with Crippen LogP contribution in [0, 0.1) is 0 Å². The first-order valence-corrected chi connectivity index (χ1v) is 9.81. The summed E-state index contributed by atoms with van der Waals surface area (Å²) in [4.78, 5) is 28.8. The van der Waals surface area contributed by atoms with Crippen molar-refractivity contribution in [3.63, 3.8) is 0 Å². The molecule has 0 aliphatic heterocycles. The van der Waals surface area contributed by atoms with Gasteiger partial charge in [-0.25, -0.2) is 4.98 Å². The van der Waals surface area contributed by atoms with Crippen LogP contribution in [0.2, 0.25) is 0 Å². The Morgan fingerprint density at radius 2 is 2.10 bits per heavy atom. The lowest BCUT2D eigenvalue weighted by atomic mass is 9.94. The third-order valence-electron chi connectivity index (χ3n) is 5.49. The number of amides is 1. The van der Waals surface area contributed by atoms with Gasteiger partial charge in [-0.1, -0.05) is 0 Å². The van der Waals surface area contributed by atoms with Crippen molar-refractivity contribution < 1.29 is 14.3 Å². The lowest BCUT2D eigenvalue weighted by Crippen LogP contribution is -2.18. The van der Waals surface area contributed by atoms with Crippen molar-refractivity contribution in [2.24, 2.45) is 0 Å².